The Hall–Kier alpha value is -1.67. The Kier molecular flexibility index (Phi) is 6.35. The highest BCUT2D eigenvalue weighted by Gasteiger charge is 2.07. The van der Waals surface area contributed by atoms with Crippen molar-refractivity contribution in [2.75, 3.05) is 12.9 Å². The Morgan fingerprint density at radius 3 is 2.87 bits per heavy atom. The van der Waals surface area contributed by atoms with Crippen molar-refractivity contribution in [2.45, 2.75) is 25.4 Å². The average molecular weight is 397 g/mol. The largest absolute Gasteiger partial charge is 0.492 e. The fourth-order valence-corrected chi connectivity index (χ4v) is 2.66. The molecule has 122 valence electrons. The van der Waals surface area contributed by atoms with E-state index >= 15 is 0 Å². The SMILES string of the molecule is CCCOc1ccc(/C=N\n2c(SC)nnc(C)c2=O)cc1Br. The van der Waals surface area contributed by atoms with Crippen LogP contribution in [0.1, 0.15) is 24.6 Å². The molecule has 0 N–H and O–H groups in total. The number of nitrogens with zero attached hydrogens (tertiary/aromatic N) is 4. The first-order chi connectivity index (χ1) is 11.1. The molecule has 8 heteroatoms. The van der Waals surface area contributed by atoms with Gasteiger partial charge in [-0.2, -0.15) is 9.78 Å². The van der Waals surface area contributed by atoms with Crippen LogP contribution in [0.4, 0.5) is 0 Å². The normalized spacial score (nSPS) is 11.1. The van der Waals surface area contributed by atoms with Gasteiger partial charge in [0.2, 0.25) is 5.16 Å². The Balaban J connectivity index is 2.29. The van der Waals surface area contributed by atoms with Gasteiger partial charge in [-0.1, -0.05) is 18.7 Å². The van der Waals surface area contributed by atoms with E-state index in [1.54, 1.807) is 13.1 Å². The van der Waals surface area contributed by atoms with Gasteiger partial charge in [0.15, 0.2) is 0 Å². The van der Waals surface area contributed by atoms with Gasteiger partial charge < -0.3 is 4.74 Å². The van der Waals surface area contributed by atoms with E-state index in [0.29, 0.717) is 17.5 Å². The molecule has 6 nitrogen and oxygen atoms in total. The summed E-state index contributed by atoms with van der Waals surface area (Å²) in [5.41, 5.74) is 0.876. The molecule has 0 saturated carbocycles. The third-order valence-electron chi connectivity index (χ3n) is 2.89. The molecule has 0 spiro atoms. The second-order valence-electron chi connectivity index (χ2n) is 4.67. The van der Waals surface area contributed by atoms with E-state index in [9.17, 15) is 4.79 Å². The lowest BCUT2D eigenvalue weighted by atomic mass is 10.2. The van der Waals surface area contributed by atoms with Crippen LogP contribution in [0.5, 0.6) is 5.75 Å². The number of ether oxygens (including phenoxy) is 1. The van der Waals surface area contributed by atoms with Crippen LogP contribution in [0.2, 0.25) is 0 Å². The zero-order valence-electron chi connectivity index (χ0n) is 13.1. The maximum atomic E-state index is 12.1. The molecule has 2 rings (SSSR count). The van der Waals surface area contributed by atoms with Gasteiger partial charge in [-0.15, -0.1) is 10.2 Å². The maximum Gasteiger partial charge on any atom is 0.296 e. The maximum absolute atomic E-state index is 12.1. The average Bonchev–Trinajstić information content (AvgIpc) is 2.55. The van der Waals surface area contributed by atoms with Crippen LogP contribution >= 0.6 is 27.7 Å². The van der Waals surface area contributed by atoms with Crippen molar-refractivity contribution in [1.82, 2.24) is 14.9 Å². The fraction of sp³-hybridized carbons (Fsp3) is 0.333. The summed E-state index contributed by atoms with van der Waals surface area (Å²) < 4.78 is 7.70. The third kappa shape index (κ3) is 4.42. The number of aromatic nitrogens is 3. The van der Waals surface area contributed by atoms with E-state index in [2.05, 4.69) is 38.2 Å². The van der Waals surface area contributed by atoms with Gasteiger partial charge in [-0.3, -0.25) is 4.79 Å². The Morgan fingerprint density at radius 2 is 2.22 bits per heavy atom. The predicted octanol–water partition coefficient (Wildman–Crippen LogP) is 3.10. The highest BCUT2D eigenvalue weighted by atomic mass is 79.9. The number of benzene rings is 1. The molecule has 1 aromatic heterocycles. The van der Waals surface area contributed by atoms with E-state index < -0.39 is 0 Å². The summed E-state index contributed by atoms with van der Waals surface area (Å²) in [6.45, 7) is 4.34. The summed E-state index contributed by atoms with van der Waals surface area (Å²) in [7, 11) is 0. The van der Waals surface area contributed by atoms with Gasteiger partial charge in [0.25, 0.3) is 5.56 Å². The van der Waals surface area contributed by atoms with Crippen molar-refractivity contribution < 1.29 is 4.74 Å². The first kappa shape index (κ1) is 17.7. The smallest absolute Gasteiger partial charge is 0.296 e. The second kappa shape index (κ2) is 8.26. The third-order valence-corrected chi connectivity index (χ3v) is 4.13. The predicted molar refractivity (Wildman–Crippen MR) is 95.7 cm³/mol. The molecule has 0 amide bonds. The van der Waals surface area contributed by atoms with E-state index in [4.69, 9.17) is 4.74 Å². The van der Waals surface area contributed by atoms with Crippen LogP contribution in [-0.4, -0.2) is 34.0 Å². The van der Waals surface area contributed by atoms with Gasteiger partial charge in [0, 0.05) is 0 Å². The van der Waals surface area contributed by atoms with Crippen molar-refractivity contribution in [3.8, 4) is 5.75 Å². The minimum Gasteiger partial charge on any atom is -0.492 e. The van der Waals surface area contributed by atoms with Crippen LogP contribution in [0.25, 0.3) is 0 Å². The highest BCUT2D eigenvalue weighted by molar-refractivity contribution is 9.10. The van der Waals surface area contributed by atoms with E-state index in [-0.39, 0.29) is 5.56 Å². The zero-order valence-corrected chi connectivity index (χ0v) is 15.5. The molecule has 0 aliphatic carbocycles. The van der Waals surface area contributed by atoms with Crippen LogP contribution in [-0.2, 0) is 0 Å². The fourth-order valence-electron chi connectivity index (χ4n) is 1.72. The molecular weight excluding hydrogens is 380 g/mol. The zero-order chi connectivity index (χ0) is 16.8. The van der Waals surface area contributed by atoms with Crippen LogP contribution in [0, 0.1) is 6.92 Å². The molecule has 0 aliphatic heterocycles. The Morgan fingerprint density at radius 1 is 1.43 bits per heavy atom. The lowest BCUT2D eigenvalue weighted by Crippen LogP contribution is -2.23. The molecule has 1 heterocycles. The Labute approximate surface area is 147 Å². The Bertz CT molecular complexity index is 777. The molecule has 0 atom stereocenters. The summed E-state index contributed by atoms with van der Waals surface area (Å²) in [6.07, 6.45) is 4.38. The van der Waals surface area contributed by atoms with Gasteiger partial charge in [-0.05, 0) is 59.3 Å². The number of rotatable bonds is 6. The highest BCUT2D eigenvalue weighted by Crippen LogP contribution is 2.25. The topological polar surface area (TPSA) is 69.4 Å². The number of thioether (sulfide) groups is 1. The molecule has 0 aliphatic rings. The lowest BCUT2D eigenvalue weighted by molar-refractivity contribution is 0.315. The summed E-state index contributed by atoms with van der Waals surface area (Å²) >= 11 is 4.79. The van der Waals surface area contributed by atoms with Crippen molar-refractivity contribution in [2.24, 2.45) is 5.10 Å². The minimum atomic E-state index is -0.275. The van der Waals surface area contributed by atoms with Crippen LogP contribution in [0.3, 0.4) is 0 Å². The molecule has 0 bridgehead atoms. The van der Waals surface area contributed by atoms with E-state index in [0.717, 1.165) is 22.2 Å². The molecule has 0 unspecified atom stereocenters. The summed E-state index contributed by atoms with van der Waals surface area (Å²) in [5.74, 6) is 0.785. The minimum absolute atomic E-state index is 0.275. The van der Waals surface area contributed by atoms with Crippen molar-refractivity contribution in [3.63, 3.8) is 0 Å². The van der Waals surface area contributed by atoms with Gasteiger partial charge >= 0.3 is 0 Å². The molecule has 0 radical (unpaired) electrons. The number of halogens is 1. The molecule has 1 aromatic carbocycles. The van der Waals surface area contributed by atoms with Gasteiger partial charge in [0.1, 0.15) is 11.4 Å². The number of hydrogen-bond donors (Lipinski definition) is 0. The quantitative estimate of drug-likeness (QED) is 0.554. The van der Waals surface area contributed by atoms with Crippen molar-refractivity contribution >= 4 is 33.9 Å². The lowest BCUT2D eigenvalue weighted by Gasteiger charge is -2.07. The van der Waals surface area contributed by atoms with Gasteiger partial charge in [-0.25, -0.2) is 0 Å². The van der Waals surface area contributed by atoms with Gasteiger partial charge in [0.05, 0.1) is 17.3 Å². The molecular formula is C15H17BrN4O2S. The van der Waals surface area contributed by atoms with E-state index in [1.807, 2.05) is 24.5 Å². The second-order valence-corrected chi connectivity index (χ2v) is 6.30. The molecule has 0 saturated heterocycles. The summed E-state index contributed by atoms with van der Waals surface area (Å²) in [4.78, 5) is 12.1. The van der Waals surface area contributed by atoms with Crippen molar-refractivity contribution in [3.05, 3.63) is 44.3 Å². The standard InChI is InChI=1S/C15H17BrN4O2S/c1-4-7-22-13-6-5-11(8-12(13)16)9-17-20-14(21)10(2)18-19-15(20)23-3/h5-6,8-9H,4,7H2,1-3H3/b17-9-. The van der Waals surface area contributed by atoms with Crippen LogP contribution in [0.15, 0.2) is 37.7 Å². The summed E-state index contributed by atoms with van der Waals surface area (Å²) in [5, 5.41) is 12.5. The summed E-state index contributed by atoms with van der Waals surface area (Å²) in [6, 6.07) is 5.64. The van der Waals surface area contributed by atoms with Crippen LogP contribution < -0.4 is 10.3 Å². The number of aryl methyl sites for hydroxylation is 1. The first-order valence-electron chi connectivity index (χ1n) is 7.03. The van der Waals surface area contributed by atoms with Crippen molar-refractivity contribution in [1.29, 1.82) is 0 Å². The molecule has 0 fully saturated rings. The molecule has 23 heavy (non-hydrogen) atoms. The van der Waals surface area contributed by atoms with E-state index in [1.165, 1.54) is 16.4 Å². The number of hydrogen-bond acceptors (Lipinski definition) is 6. The monoisotopic (exact) mass is 396 g/mol. The molecule has 2 aromatic rings. The first-order valence-corrected chi connectivity index (χ1v) is 9.05.